The third-order valence-corrected chi connectivity index (χ3v) is 8.12. The summed E-state index contributed by atoms with van der Waals surface area (Å²) in [4.78, 5) is 38.8. The maximum Gasteiger partial charge on any atom is 0.422 e. The standard InChI is InChI=1S/C40H37F3NO6/c1-4-29-11-17-32(18-12-29)37(45)48-26-23-44(36-10-8-7-9-35(36)40(41,42)43,24-27-49-38(46)33-19-13-30(5-2)14-20-33)25-28-50-39(47)34-21-15-31(6-3)16-22-34/h4-22H,1-3,23-28H2/q+1. The van der Waals surface area contributed by atoms with E-state index >= 15 is 0 Å². The summed E-state index contributed by atoms with van der Waals surface area (Å²) in [6.45, 7) is 9.65. The molecule has 0 N–H and O–H groups in total. The van der Waals surface area contributed by atoms with Crippen LogP contribution in [0.5, 0.6) is 0 Å². The minimum atomic E-state index is -4.75. The van der Waals surface area contributed by atoms with Crippen LogP contribution in [0.4, 0.5) is 18.9 Å². The molecule has 0 saturated heterocycles. The predicted molar refractivity (Wildman–Crippen MR) is 188 cm³/mol. The monoisotopic (exact) mass is 684 g/mol. The number of ether oxygens (including phenoxy) is 3. The Labute approximate surface area is 289 Å². The summed E-state index contributed by atoms with van der Waals surface area (Å²) in [6.07, 6.45) is 0.0959. The van der Waals surface area contributed by atoms with Crippen LogP contribution in [0.15, 0.2) is 117 Å². The van der Waals surface area contributed by atoms with E-state index in [-0.39, 0.29) is 61.8 Å². The largest absolute Gasteiger partial charge is 0.456 e. The van der Waals surface area contributed by atoms with Gasteiger partial charge in [0.05, 0.1) is 16.7 Å². The van der Waals surface area contributed by atoms with Gasteiger partial charge in [-0.3, -0.25) is 4.48 Å². The maximum absolute atomic E-state index is 14.5. The zero-order valence-electron chi connectivity index (χ0n) is 27.4. The first kappa shape index (κ1) is 37.1. The predicted octanol–water partition coefficient (Wildman–Crippen LogP) is 8.51. The van der Waals surface area contributed by atoms with Gasteiger partial charge in [0.1, 0.15) is 50.7 Å². The number of benzene rings is 4. The van der Waals surface area contributed by atoms with Crippen LogP contribution in [0.2, 0.25) is 0 Å². The summed E-state index contributed by atoms with van der Waals surface area (Å²) in [5.74, 6) is -2.02. The van der Waals surface area contributed by atoms with Gasteiger partial charge in [-0.1, -0.05) is 86.5 Å². The zero-order valence-corrected chi connectivity index (χ0v) is 27.4. The Kier molecular flexibility index (Phi) is 12.7. The summed E-state index contributed by atoms with van der Waals surface area (Å²) >= 11 is 0. The van der Waals surface area contributed by atoms with Crippen molar-refractivity contribution in [2.75, 3.05) is 39.5 Å². The lowest BCUT2D eigenvalue weighted by Gasteiger charge is -2.39. The molecule has 0 spiro atoms. The third kappa shape index (κ3) is 9.67. The highest BCUT2D eigenvalue weighted by atomic mass is 19.4. The molecule has 0 radical (unpaired) electrons. The van der Waals surface area contributed by atoms with Crippen molar-refractivity contribution < 1.29 is 41.8 Å². The molecular formula is C40H37F3NO6+. The summed E-state index contributed by atoms with van der Waals surface area (Å²) in [5, 5.41) is 0. The van der Waals surface area contributed by atoms with Crippen LogP contribution in [0.25, 0.3) is 18.2 Å². The highest BCUT2D eigenvalue weighted by Gasteiger charge is 2.42. The highest BCUT2D eigenvalue weighted by molar-refractivity contribution is 5.90. The van der Waals surface area contributed by atoms with Crippen molar-refractivity contribution in [3.05, 3.63) is 156 Å². The fraction of sp³-hybridized carbons (Fsp3) is 0.175. The molecule has 0 atom stereocenters. The van der Waals surface area contributed by atoms with E-state index in [0.717, 1.165) is 22.8 Å². The Bertz CT molecular complexity index is 1650. The van der Waals surface area contributed by atoms with Crippen LogP contribution in [0.3, 0.4) is 0 Å². The molecule has 50 heavy (non-hydrogen) atoms. The Hall–Kier alpha value is -5.74. The first-order chi connectivity index (χ1) is 24.0. The van der Waals surface area contributed by atoms with Gasteiger partial charge in [-0.05, 0) is 65.2 Å². The molecule has 258 valence electrons. The van der Waals surface area contributed by atoms with Gasteiger partial charge in [0.2, 0.25) is 0 Å². The van der Waals surface area contributed by atoms with Crippen LogP contribution in [-0.2, 0) is 20.4 Å². The molecule has 0 unspecified atom stereocenters. The molecular weight excluding hydrogens is 647 g/mol. The fourth-order valence-electron chi connectivity index (χ4n) is 5.28. The van der Waals surface area contributed by atoms with Gasteiger partial charge in [0, 0.05) is 0 Å². The highest BCUT2D eigenvalue weighted by Crippen LogP contribution is 2.39. The zero-order chi connectivity index (χ0) is 36.1. The number of alkyl halides is 3. The topological polar surface area (TPSA) is 78.9 Å². The first-order valence-electron chi connectivity index (χ1n) is 15.7. The van der Waals surface area contributed by atoms with E-state index in [2.05, 4.69) is 19.7 Å². The van der Waals surface area contributed by atoms with Crippen molar-refractivity contribution in [3.63, 3.8) is 0 Å². The average Bonchev–Trinajstić information content (AvgIpc) is 3.14. The molecule has 0 heterocycles. The molecule has 0 saturated carbocycles. The Balaban J connectivity index is 1.63. The van der Waals surface area contributed by atoms with E-state index in [0.29, 0.717) is 0 Å². The van der Waals surface area contributed by atoms with Gasteiger partial charge < -0.3 is 14.2 Å². The lowest BCUT2D eigenvalue weighted by atomic mass is 10.1. The van der Waals surface area contributed by atoms with Gasteiger partial charge in [0.15, 0.2) is 0 Å². The fourth-order valence-corrected chi connectivity index (χ4v) is 5.28. The molecule has 0 aromatic heterocycles. The van der Waals surface area contributed by atoms with E-state index in [1.165, 1.54) is 18.2 Å². The number of quaternary nitrogens is 1. The molecule has 7 nitrogen and oxygen atoms in total. The van der Waals surface area contributed by atoms with Gasteiger partial charge in [-0.25, -0.2) is 14.4 Å². The number of rotatable bonds is 16. The number of carbonyl (C=O) groups is 3. The minimum absolute atomic E-state index is 0.163. The van der Waals surface area contributed by atoms with E-state index in [9.17, 15) is 27.6 Å². The van der Waals surface area contributed by atoms with Gasteiger partial charge in [-0.2, -0.15) is 13.2 Å². The second-order valence-electron chi connectivity index (χ2n) is 11.2. The van der Waals surface area contributed by atoms with Gasteiger partial charge in [-0.15, -0.1) is 0 Å². The first-order valence-corrected chi connectivity index (χ1v) is 15.7. The minimum Gasteiger partial charge on any atom is -0.456 e. The molecule has 0 aliphatic carbocycles. The number of halogens is 3. The summed E-state index contributed by atoms with van der Waals surface area (Å²) in [6, 6.07) is 24.5. The molecule has 4 aromatic carbocycles. The molecule has 0 fully saturated rings. The molecule has 10 heteroatoms. The van der Waals surface area contributed by atoms with E-state index in [1.54, 1.807) is 91.0 Å². The van der Waals surface area contributed by atoms with E-state index < -0.39 is 34.1 Å². The van der Waals surface area contributed by atoms with Crippen LogP contribution >= 0.6 is 0 Å². The van der Waals surface area contributed by atoms with Crippen LogP contribution in [0.1, 0.15) is 53.3 Å². The van der Waals surface area contributed by atoms with Crippen LogP contribution in [-0.4, -0.2) is 57.4 Å². The number of carbonyl (C=O) groups excluding carboxylic acids is 3. The second-order valence-corrected chi connectivity index (χ2v) is 11.2. The Morgan fingerprint density at radius 2 is 0.860 bits per heavy atom. The summed E-state index contributed by atoms with van der Waals surface area (Å²) in [5.41, 5.74) is 2.02. The second kappa shape index (κ2) is 17.1. The number of hydrogen-bond donors (Lipinski definition) is 0. The average molecular weight is 685 g/mol. The van der Waals surface area contributed by atoms with Crippen molar-refractivity contribution in [1.29, 1.82) is 0 Å². The number of nitrogens with zero attached hydrogens (tertiary/aromatic N) is 1. The molecule has 0 aliphatic heterocycles. The van der Waals surface area contributed by atoms with Crippen LogP contribution in [0, 0.1) is 0 Å². The van der Waals surface area contributed by atoms with Crippen molar-refractivity contribution in [2.24, 2.45) is 0 Å². The van der Waals surface area contributed by atoms with Crippen molar-refractivity contribution in [3.8, 4) is 0 Å². The van der Waals surface area contributed by atoms with Crippen molar-refractivity contribution in [2.45, 2.75) is 6.18 Å². The molecule has 0 amide bonds. The lowest BCUT2D eigenvalue weighted by Crippen LogP contribution is -2.56. The number of para-hydroxylation sites is 1. The number of hydrogen-bond acceptors (Lipinski definition) is 6. The van der Waals surface area contributed by atoms with Gasteiger partial charge in [0.25, 0.3) is 0 Å². The summed E-state index contributed by atoms with van der Waals surface area (Å²) < 4.78 is 59.6. The quantitative estimate of drug-likeness (QED) is 0.0669. The lowest BCUT2D eigenvalue weighted by molar-refractivity contribution is -0.138. The van der Waals surface area contributed by atoms with Crippen molar-refractivity contribution >= 4 is 41.8 Å². The Morgan fingerprint density at radius 1 is 0.540 bits per heavy atom. The molecule has 0 bridgehead atoms. The Morgan fingerprint density at radius 3 is 1.16 bits per heavy atom. The normalized spacial score (nSPS) is 11.3. The molecule has 4 aromatic rings. The van der Waals surface area contributed by atoms with E-state index in [4.69, 9.17) is 14.2 Å². The summed E-state index contributed by atoms with van der Waals surface area (Å²) in [7, 11) is 0. The molecule has 0 aliphatic rings. The van der Waals surface area contributed by atoms with E-state index in [1.807, 2.05) is 0 Å². The van der Waals surface area contributed by atoms with Gasteiger partial charge >= 0.3 is 24.1 Å². The van der Waals surface area contributed by atoms with Crippen LogP contribution < -0.4 is 4.48 Å². The maximum atomic E-state index is 14.5. The smallest absolute Gasteiger partial charge is 0.422 e. The SMILES string of the molecule is C=Cc1ccc(C(=O)OCC[N+](CCOC(=O)c2ccc(C=C)cc2)(CCOC(=O)c2ccc(C=C)cc2)c2ccccc2C(F)(F)F)cc1. The number of esters is 3. The molecule has 4 rings (SSSR count). The third-order valence-electron chi connectivity index (χ3n) is 8.12. The van der Waals surface area contributed by atoms with Crippen molar-refractivity contribution in [1.82, 2.24) is 4.48 Å².